The summed E-state index contributed by atoms with van der Waals surface area (Å²) in [5.41, 5.74) is 0.140. The van der Waals surface area contributed by atoms with Crippen LogP contribution in [0.3, 0.4) is 0 Å². The zero-order chi connectivity index (χ0) is 18.4. The van der Waals surface area contributed by atoms with Gasteiger partial charge in [-0.2, -0.15) is 0 Å². The van der Waals surface area contributed by atoms with Crippen molar-refractivity contribution in [2.24, 2.45) is 5.92 Å². The molecule has 0 spiro atoms. The van der Waals surface area contributed by atoms with Crippen LogP contribution in [0.1, 0.15) is 34.1 Å². The van der Waals surface area contributed by atoms with Gasteiger partial charge in [0, 0.05) is 0 Å². The number of rotatable bonds is 6. The molecule has 2 rings (SSSR count). The number of thioether (sulfide) groups is 2. The maximum Gasteiger partial charge on any atom is 0.354 e. The largest absolute Gasteiger partial charge is 0.477 e. The molecule has 136 valence electrons. The van der Waals surface area contributed by atoms with Gasteiger partial charge >= 0.3 is 5.97 Å². The Morgan fingerprint density at radius 1 is 1.46 bits per heavy atom. The van der Waals surface area contributed by atoms with Crippen molar-refractivity contribution in [3.63, 3.8) is 0 Å². The molecule has 1 fully saturated rings. The molecular weight excluding hydrogens is 362 g/mol. The predicted molar refractivity (Wildman–Crippen MR) is 102 cm³/mol. The summed E-state index contributed by atoms with van der Waals surface area (Å²) in [6.07, 6.45) is 2.45. The van der Waals surface area contributed by atoms with Gasteiger partial charge in [0.2, 0.25) is 5.91 Å². The van der Waals surface area contributed by atoms with Crippen molar-refractivity contribution < 1.29 is 19.1 Å². The number of carboxylic acid groups (broad SMARTS) is 1. The Morgan fingerprint density at radius 3 is 2.46 bits per heavy atom. The van der Waals surface area contributed by atoms with Gasteiger partial charge in [-0.1, -0.05) is 39.5 Å². The summed E-state index contributed by atoms with van der Waals surface area (Å²) >= 11 is 2.88. The highest BCUT2D eigenvalue weighted by molar-refractivity contribution is 8.22. The molecule has 1 saturated heterocycles. The first kappa shape index (κ1) is 19.9. The summed E-state index contributed by atoms with van der Waals surface area (Å²) in [4.78, 5) is 25.7. The van der Waals surface area contributed by atoms with Gasteiger partial charge in [-0.15, -0.1) is 11.8 Å². The van der Waals surface area contributed by atoms with Crippen molar-refractivity contribution in [3.05, 3.63) is 9.93 Å². The molecule has 8 heteroatoms. The Labute approximate surface area is 153 Å². The minimum Gasteiger partial charge on any atom is -0.477 e. The number of nitrogens with zero attached hydrogens (tertiary/aromatic N) is 1. The highest BCUT2D eigenvalue weighted by Gasteiger charge is 2.59. The third kappa shape index (κ3) is 3.18. The Hall–Kier alpha value is -0.443. The molecule has 24 heavy (non-hydrogen) atoms. The van der Waals surface area contributed by atoms with Crippen molar-refractivity contribution >= 4 is 43.7 Å². The molecule has 2 aliphatic heterocycles. The lowest BCUT2D eigenvalue weighted by molar-refractivity contribution is -0.156. The molecule has 2 aliphatic rings. The summed E-state index contributed by atoms with van der Waals surface area (Å²) in [6, 6.07) is 0. The molecule has 0 bridgehead atoms. The third-order valence-corrected chi connectivity index (χ3v) is 12.2. The van der Waals surface area contributed by atoms with Crippen LogP contribution in [0.5, 0.6) is 0 Å². The van der Waals surface area contributed by atoms with Crippen molar-refractivity contribution in [1.29, 1.82) is 0 Å². The number of hydrogen-bond donors (Lipinski definition) is 1. The SMILES string of the molecule is CC[C@H](O[Si](C)(C)C(C)(C)C)[C@@H]1C(=O)N2C(C(=O)O)=C(SC)S[C@H]12. The Kier molecular flexibility index (Phi) is 5.55. The minimum absolute atomic E-state index is 0.0740. The van der Waals surface area contributed by atoms with Crippen molar-refractivity contribution in [1.82, 2.24) is 4.90 Å². The van der Waals surface area contributed by atoms with E-state index in [0.717, 1.165) is 6.42 Å². The molecule has 0 radical (unpaired) electrons. The Bertz CT molecular complexity index is 585. The summed E-state index contributed by atoms with van der Waals surface area (Å²) in [7, 11) is -1.99. The lowest BCUT2D eigenvalue weighted by Crippen LogP contribution is -2.63. The fourth-order valence-electron chi connectivity index (χ4n) is 2.76. The highest BCUT2D eigenvalue weighted by Crippen LogP contribution is 2.54. The second-order valence-electron chi connectivity index (χ2n) is 7.71. The van der Waals surface area contributed by atoms with E-state index in [1.54, 1.807) is 0 Å². The topological polar surface area (TPSA) is 66.8 Å². The number of fused-ring (bicyclic) bond motifs is 1. The van der Waals surface area contributed by atoms with Crippen molar-refractivity contribution in [2.45, 2.75) is 63.7 Å². The van der Waals surface area contributed by atoms with Gasteiger partial charge in [-0.25, -0.2) is 4.79 Å². The van der Waals surface area contributed by atoms with E-state index in [0.29, 0.717) is 4.24 Å². The second kappa shape index (κ2) is 6.70. The van der Waals surface area contributed by atoms with E-state index in [9.17, 15) is 14.7 Å². The van der Waals surface area contributed by atoms with Crippen LogP contribution in [0.25, 0.3) is 0 Å². The molecule has 0 saturated carbocycles. The highest BCUT2D eigenvalue weighted by atomic mass is 32.2. The summed E-state index contributed by atoms with van der Waals surface area (Å²) in [6.45, 7) is 13.0. The van der Waals surface area contributed by atoms with E-state index < -0.39 is 14.3 Å². The van der Waals surface area contributed by atoms with Gasteiger partial charge in [0.05, 0.1) is 16.3 Å². The molecular formula is C16H27NO4S2Si. The summed E-state index contributed by atoms with van der Waals surface area (Å²) in [5.74, 6) is -1.40. The average Bonchev–Trinajstić information content (AvgIpc) is 2.79. The molecule has 1 N–H and O–H groups in total. The predicted octanol–water partition coefficient (Wildman–Crippen LogP) is 3.93. The third-order valence-electron chi connectivity index (χ3n) is 5.19. The number of β-lactam (4-membered cyclic amide) rings is 1. The van der Waals surface area contributed by atoms with E-state index >= 15 is 0 Å². The Morgan fingerprint density at radius 2 is 2.04 bits per heavy atom. The molecule has 0 unspecified atom stereocenters. The maximum atomic E-state index is 12.7. The van der Waals surface area contributed by atoms with Gasteiger partial charge in [0.25, 0.3) is 0 Å². The second-order valence-corrected chi connectivity index (χ2v) is 14.7. The molecule has 0 aromatic rings. The van der Waals surface area contributed by atoms with E-state index in [1.807, 2.05) is 13.2 Å². The smallest absolute Gasteiger partial charge is 0.354 e. The monoisotopic (exact) mass is 389 g/mol. The van der Waals surface area contributed by atoms with Crippen LogP contribution in [0.15, 0.2) is 9.93 Å². The first-order chi connectivity index (χ1) is 11.0. The molecule has 0 aromatic carbocycles. The summed E-state index contributed by atoms with van der Waals surface area (Å²) < 4.78 is 7.22. The zero-order valence-corrected chi connectivity index (χ0v) is 18.0. The molecule has 3 atom stereocenters. The van der Waals surface area contributed by atoms with Crippen LogP contribution in [0.2, 0.25) is 18.1 Å². The van der Waals surface area contributed by atoms with E-state index in [4.69, 9.17) is 4.43 Å². The van der Waals surface area contributed by atoms with Gasteiger partial charge < -0.3 is 9.53 Å². The fraction of sp³-hybridized carbons (Fsp3) is 0.750. The number of carbonyl (C=O) groups is 2. The van der Waals surface area contributed by atoms with E-state index in [2.05, 4.69) is 33.9 Å². The van der Waals surface area contributed by atoms with Crippen LogP contribution in [0, 0.1) is 5.92 Å². The first-order valence-electron chi connectivity index (χ1n) is 8.15. The standard InChI is InChI=1S/C16H27NO4S2Si/c1-8-9(21-24(6,7)16(2,3)4)10-12(18)17-11(14(19)20)15(22-5)23-13(10)17/h9-10,13H,8H2,1-7H3,(H,19,20)/t9-,10+,13+/m0/s1. The van der Waals surface area contributed by atoms with Gasteiger partial charge in [0.15, 0.2) is 14.0 Å². The molecule has 1 amide bonds. The zero-order valence-electron chi connectivity index (χ0n) is 15.4. The lowest BCUT2D eigenvalue weighted by atomic mass is 9.90. The number of carboxylic acids is 1. The van der Waals surface area contributed by atoms with Crippen LogP contribution in [-0.4, -0.2) is 47.9 Å². The Balaban J connectivity index is 2.21. The van der Waals surface area contributed by atoms with Crippen molar-refractivity contribution in [3.8, 4) is 0 Å². The number of carbonyl (C=O) groups excluding carboxylic acids is 1. The van der Waals surface area contributed by atoms with Crippen LogP contribution in [0.4, 0.5) is 0 Å². The number of amides is 1. The average molecular weight is 390 g/mol. The molecule has 5 nitrogen and oxygen atoms in total. The van der Waals surface area contributed by atoms with E-state index in [1.165, 1.54) is 28.4 Å². The maximum absolute atomic E-state index is 12.7. The van der Waals surface area contributed by atoms with Crippen LogP contribution >= 0.6 is 23.5 Å². The lowest BCUT2D eigenvalue weighted by Gasteiger charge is -2.48. The van der Waals surface area contributed by atoms with E-state index in [-0.39, 0.29) is 34.0 Å². The first-order valence-corrected chi connectivity index (χ1v) is 13.2. The molecule has 2 heterocycles. The normalized spacial score (nSPS) is 25.6. The minimum atomic E-state index is -1.99. The number of aliphatic carboxylic acids is 1. The van der Waals surface area contributed by atoms with Crippen LogP contribution in [-0.2, 0) is 14.0 Å². The van der Waals surface area contributed by atoms with Gasteiger partial charge in [0.1, 0.15) is 5.37 Å². The molecule has 0 aliphatic carbocycles. The fourth-order valence-corrected chi connectivity index (χ4v) is 6.51. The number of hydrogen-bond acceptors (Lipinski definition) is 5. The molecule has 0 aromatic heterocycles. The summed E-state index contributed by atoms with van der Waals surface area (Å²) in [5, 5.41) is 9.36. The van der Waals surface area contributed by atoms with Gasteiger partial charge in [-0.3, -0.25) is 9.69 Å². The quantitative estimate of drug-likeness (QED) is 0.548. The van der Waals surface area contributed by atoms with Crippen molar-refractivity contribution in [2.75, 3.05) is 6.26 Å². The van der Waals surface area contributed by atoms with Gasteiger partial charge in [-0.05, 0) is 30.8 Å². The van der Waals surface area contributed by atoms with Crippen LogP contribution < -0.4 is 0 Å².